The molecule has 22 heavy (non-hydrogen) atoms. The molecule has 0 aromatic heterocycles. The number of likely N-dealkylation sites (N-methyl/N-ethyl adjacent to an activating group) is 1. The predicted molar refractivity (Wildman–Crippen MR) is 88.5 cm³/mol. The summed E-state index contributed by atoms with van der Waals surface area (Å²) >= 11 is 0. The number of nitrogens with two attached hydrogens (primary N) is 1. The Balaban J connectivity index is 2.69. The lowest BCUT2D eigenvalue weighted by Gasteiger charge is -2.19. The Morgan fingerprint density at radius 2 is 2.14 bits per heavy atom. The third kappa shape index (κ3) is 6.85. The molecule has 0 amide bonds. The van der Waals surface area contributed by atoms with Crippen LogP contribution < -0.4 is 10.1 Å². The second-order valence-electron chi connectivity index (χ2n) is 5.79. The largest absolute Gasteiger partial charge is 0.488 e. The molecule has 0 radical (unpaired) electrons. The molecule has 1 unspecified atom stereocenters. The lowest BCUT2D eigenvalue weighted by molar-refractivity contribution is -0.627. The van der Waals surface area contributed by atoms with Crippen LogP contribution in [0.1, 0.15) is 25.3 Å². The average Bonchev–Trinajstić information content (AvgIpc) is 2.47. The summed E-state index contributed by atoms with van der Waals surface area (Å²) < 4.78 is 5.71. The summed E-state index contributed by atoms with van der Waals surface area (Å²) in [4.78, 5) is 16.4. The molecule has 5 heteroatoms. The summed E-state index contributed by atoms with van der Waals surface area (Å²) in [7, 11) is 6.20. The fourth-order valence-corrected chi connectivity index (χ4v) is 2.14. The zero-order valence-electron chi connectivity index (χ0n) is 14.1. The summed E-state index contributed by atoms with van der Waals surface area (Å²) in [6.45, 7) is 3.77. The third-order valence-corrected chi connectivity index (χ3v) is 3.77. The predicted octanol–water partition coefficient (Wildman–Crippen LogP) is 1.50. The van der Waals surface area contributed by atoms with Crippen molar-refractivity contribution in [2.24, 2.45) is 4.99 Å². The summed E-state index contributed by atoms with van der Waals surface area (Å²) in [5.74, 6) is 0.772. The maximum atomic E-state index is 10.5. The fourth-order valence-electron chi connectivity index (χ4n) is 2.14. The summed E-state index contributed by atoms with van der Waals surface area (Å²) in [6.07, 6.45) is 4.78. The molecule has 1 rings (SSSR count). The number of aryl methyl sites for hydroxylation is 1. The van der Waals surface area contributed by atoms with Gasteiger partial charge < -0.3 is 15.0 Å². The van der Waals surface area contributed by atoms with Gasteiger partial charge in [-0.1, -0.05) is 0 Å². The number of quaternary nitrogens is 1. The molecule has 122 valence electrons. The highest BCUT2D eigenvalue weighted by atomic mass is 16.5. The third-order valence-electron chi connectivity index (χ3n) is 3.77. The number of isocyanates is 1. The van der Waals surface area contributed by atoms with Crippen molar-refractivity contribution in [2.45, 2.75) is 32.2 Å². The van der Waals surface area contributed by atoms with Gasteiger partial charge in [0, 0.05) is 12.1 Å². The smallest absolute Gasteiger partial charge is 0.240 e. The Morgan fingerprint density at radius 1 is 1.36 bits per heavy atom. The number of rotatable bonds is 10. The van der Waals surface area contributed by atoms with Gasteiger partial charge in [-0.2, -0.15) is 4.99 Å². The van der Waals surface area contributed by atoms with Gasteiger partial charge in [0.1, 0.15) is 18.9 Å². The molecule has 0 saturated heterocycles. The molecule has 1 atom stereocenters. The van der Waals surface area contributed by atoms with Crippen LogP contribution in [0.2, 0.25) is 0 Å². The van der Waals surface area contributed by atoms with Crippen LogP contribution in [0.5, 0.6) is 5.75 Å². The standard InChI is InChI=1S/C17H27N3O2/c1-14(20(3)4)6-5-7-15-10-16(19-13-21)12-17(11-15)22-9-8-18-2/h10-12,14,18H,5-9H2,1-4H3/p+1. The number of nitrogens with zero attached hydrogens (tertiary/aromatic N) is 2. The van der Waals surface area contributed by atoms with E-state index in [4.69, 9.17) is 4.74 Å². The van der Waals surface area contributed by atoms with Crippen LogP contribution in [0.4, 0.5) is 5.69 Å². The molecular weight excluding hydrogens is 278 g/mol. The van der Waals surface area contributed by atoms with Crippen molar-refractivity contribution in [3.05, 3.63) is 23.8 Å². The van der Waals surface area contributed by atoms with Gasteiger partial charge in [0.15, 0.2) is 0 Å². The Labute approximate surface area is 133 Å². The topological polar surface area (TPSA) is 58.5 Å². The van der Waals surface area contributed by atoms with Gasteiger partial charge >= 0.3 is 0 Å². The van der Waals surface area contributed by atoms with Crippen molar-refractivity contribution in [3.63, 3.8) is 0 Å². The first kappa shape index (κ1) is 18.4. The van der Waals surface area contributed by atoms with Crippen molar-refractivity contribution >= 4 is 11.8 Å². The van der Waals surface area contributed by atoms with E-state index in [0.29, 0.717) is 18.3 Å². The van der Waals surface area contributed by atoms with E-state index < -0.39 is 0 Å². The van der Waals surface area contributed by atoms with Gasteiger partial charge in [-0.05, 0) is 58.0 Å². The number of hydrogen-bond donors (Lipinski definition) is 1. The van der Waals surface area contributed by atoms with Gasteiger partial charge in [-0.25, -0.2) is 4.79 Å². The van der Waals surface area contributed by atoms with E-state index >= 15 is 0 Å². The first-order chi connectivity index (χ1) is 10.6. The maximum absolute atomic E-state index is 10.5. The quantitative estimate of drug-likeness (QED) is 0.405. The Bertz CT molecular complexity index is 497. The minimum atomic E-state index is 0.562. The normalized spacial score (nSPS) is 12.0. The molecule has 0 saturated carbocycles. The molecule has 1 aromatic carbocycles. The van der Waals surface area contributed by atoms with E-state index in [-0.39, 0.29) is 0 Å². The van der Waals surface area contributed by atoms with Crippen LogP contribution in [-0.4, -0.2) is 51.3 Å². The Hall–Kier alpha value is -1.68. The Morgan fingerprint density at radius 3 is 2.77 bits per heavy atom. The van der Waals surface area contributed by atoms with Crippen LogP contribution in [0, 0.1) is 0 Å². The zero-order chi connectivity index (χ0) is 16.4. The van der Waals surface area contributed by atoms with E-state index in [1.165, 1.54) is 0 Å². The summed E-state index contributed by atoms with van der Waals surface area (Å²) in [6, 6.07) is 6.32. The molecule has 0 aliphatic carbocycles. The monoisotopic (exact) mass is 306 g/mol. The lowest BCUT2D eigenvalue weighted by atomic mass is 10.0. The van der Waals surface area contributed by atoms with Gasteiger partial charge in [0.25, 0.3) is 0 Å². The second-order valence-corrected chi connectivity index (χ2v) is 5.79. The molecule has 1 aromatic rings. The van der Waals surface area contributed by atoms with Crippen molar-refractivity contribution < 1.29 is 14.8 Å². The summed E-state index contributed by atoms with van der Waals surface area (Å²) in [5, 5.41) is 2.07. The number of aliphatic imine (C=N–C) groups is 1. The number of benzene rings is 1. The van der Waals surface area contributed by atoms with Crippen molar-refractivity contribution in [2.75, 3.05) is 34.3 Å². The molecule has 0 aliphatic rings. The van der Waals surface area contributed by atoms with Crippen LogP contribution in [0.25, 0.3) is 0 Å². The van der Waals surface area contributed by atoms with Crippen LogP contribution in [0.15, 0.2) is 23.2 Å². The highest BCUT2D eigenvalue weighted by Gasteiger charge is 2.06. The number of ether oxygens (including phenoxy) is 1. The van der Waals surface area contributed by atoms with E-state index in [0.717, 1.165) is 37.1 Å². The zero-order valence-corrected chi connectivity index (χ0v) is 14.1. The van der Waals surface area contributed by atoms with Crippen LogP contribution in [-0.2, 0) is 11.2 Å². The van der Waals surface area contributed by atoms with E-state index in [9.17, 15) is 4.79 Å². The number of hydrogen-bond acceptors (Lipinski definition) is 4. The molecule has 0 spiro atoms. The minimum absolute atomic E-state index is 0.562. The molecular formula is C17H28N3O2+. The average molecular weight is 306 g/mol. The molecule has 0 bridgehead atoms. The first-order valence-corrected chi connectivity index (χ1v) is 7.85. The SMILES string of the molecule is C[NH2+]CCOc1cc(CCCC(C)N(C)C)cc(N=C=O)c1. The molecule has 2 N–H and O–H groups in total. The van der Waals surface area contributed by atoms with Gasteiger partial charge in [-0.15, -0.1) is 0 Å². The van der Waals surface area contributed by atoms with Crippen molar-refractivity contribution in [1.82, 2.24) is 4.90 Å². The lowest BCUT2D eigenvalue weighted by Crippen LogP contribution is -2.80. The van der Waals surface area contributed by atoms with Gasteiger partial charge in [-0.3, -0.25) is 0 Å². The van der Waals surface area contributed by atoms with Crippen LogP contribution >= 0.6 is 0 Å². The highest BCUT2D eigenvalue weighted by molar-refractivity contribution is 5.53. The highest BCUT2D eigenvalue weighted by Crippen LogP contribution is 2.24. The molecule has 0 heterocycles. The first-order valence-electron chi connectivity index (χ1n) is 7.85. The number of carbonyl (C=O) groups excluding carboxylic acids is 1. The second kappa shape index (κ2) is 10.1. The molecule has 0 aliphatic heterocycles. The van der Waals surface area contributed by atoms with Crippen LogP contribution in [0.3, 0.4) is 0 Å². The minimum Gasteiger partial charge on any atom is -0.488 e. The summed E-state index contributed by atoms with van der Waals surface area (Å²) in [5.41, 5.74) is 1.77. The van der Waals surface area contributed by atoms with Crippen molar-refractivity contribution in [1.29, 1.82) is 0 Å². The van der Waals surface area contributed by atoms with Gasteiger partial charge in [0.2, 0.25) is 6.08 Å². The molecule has 5 nitrogen and oxygen atoms in total. The van der Waals surface area contributed by atoms with Gasteiger partial charge in [0.05, 0.1) is 12.7 Å². The van der Waals surface area contributed by atoms with E-state index in [1.54, 1.807) is 12.1 Å². The fraction of sp³-hybridized carbons (Fsp3) is 0.588. The molecule has 0 fully saturated rings. The van der Waals surface area contributed by atoms with Crippen molar-refractivity contribution in [3.8, 4) is 5.75 Å². The van der Waals surface area contributed by atoms with E-state index in [1.807, 2.05) is 19.2 Å². The van der Waals surface area contributed by atoms with E-state index in [2.05, 4.69) is 36.2 Å². The Kier molecular flexibility index (Phi) is 8.44. The maximum Gasteiger partial charge on any atom is 0.240 e.